The van der Waals surface area contributed by atoms with Crippen LogP contribution in [0.2, 0.25) is 0 Å². The predicted octanol–water partition coefficient (Wildman–Crippen LogP) is 6.55. The van der Waals surface area contributed by atoms with Crippen molar-refractivity contribution in [3.63, 3.8) is 0 Å². The Labute approximate surface area is 150 Å². The molecule has 24 heavy (non-hydrogen) atoms. The van der Waals surface area contributed by atoms with E-state index in [9.17, 15) is 0 Å². The van der Waals surface area contributed by atoms with E-state index in [4.69, 9.17) is 11.8 Å². The molecule has 1 aromatic heterocycles. The van der Waals surface area contributed by atoms with E-state index in [-0.39, 0.29) is 0 Å². The fraction of sp³-hybridized carbons (Fsp3) is 0.727. The van der Waals surface area contributed by atoms with Gasteiger partial charge in [-0.3, -0.25) is 0 Å². The van der Waals surface area contributed by atoms with E-state index < -0.39 is 0 Å². The van der Waals surface area contributed by atoms with Crippen molar-refractivity contribution in [2.75, 3.05) is 0 Å². The van der Waals surface area contributed by atoms with Gasteiger partial charge in [0.25, 0.3) is 0 Å². The maximum atomic E-state index is 6.25. The maximum Gasteiger partial charge on any atom is 0.168 e. The van der Waals surface area contributed by atoms with Crippen molar-refractivity contribution in [1.29, 1.82) is 5.26 Å². The molecule has 0 radical (unpaired) electrons. The molecule has 0 saturated heterocycles. The van der Waals surface area contributed by atoms with Crippen molar-refractivity contribution in [1.82, 2.24) is 0 Å². The third kappa shape index (κ3) is 15.5. The standard InChI is InChI=1S/C21H38N.CN/c1-2-3-4-5-6-7-8-9-10-11-12-13-14-16-19-22-20-17-15-18-21-22;1-2/h15,17-18,20-21H,2-14,16,19H2,1H3;/q+1;-1. The number of hydrogen-bond acceptors (Lipinski definition) is 1. The zero-order chi connectivity index (χ0) is 17.7. The second kappa shape index (κ2) is 19.7. The van der Waals surface area contributed by atoms with E-state index in [1.807, 2.05) is 0 Å². The van der Waals surface area contributed by atoms with Gasteiger partial charge in [-0.05, 0) is 6.42 Å². The molecule has 0 bridgehead atoms. The van der Waals surface area contributed by atoms with E-state index in [0.29, 0.717) is 0 Å². The van der Waals surface area contributed by atoms with Gasteiger partial charge in [-0.1, -0.05) is 90.0 Å². The molecule has 0 aliphatic rings. The minimum atomic E-state index is 1.18. The van der Waals surface area contributed by atoms with E-state index in [0.717, 1.165) is 0 Å². The Bertz CT molecular complexity index is 359. The van der Waals surface area contributed by atoms with Crippen LogP contribution in [0.4, 0.5) is 0 Å². The highest BCUT2D eigenvalue weighted by molar-refractivity contribution is 4.83. The molecule has 0 unspecified atom stereocenters. The second-order valence-electron chi connectivity index (χ2n) is 6.71. The third-order valence-corrected chi connectivity index (χ3v) is 4.55. The molecule has 1 aromatic rings. The fourth-order valence-electron chi connectivity index (χ4n) is 3.07. The third-order valence-electron chi connectivity index (χ3n) is 4.55. The zero-order valence-electron chi connectivity index (χ0n) is 15.9. The molecule has 0 amide bonds. The highest BCUT2D eigenvalue weighted by atomic mass is 14.9. The van der Waals surface area contributed by atoms with E-state index in [1.165, 1.54) is 96.4 Å². The van der Waals surface area contributed by atoms with Crippen LogP contribution in [0.3, 0.4) is 0 Å². The largest absolute Gasteiger partial charge is 0.512 e. The monoisotopic (exact) mass is 330 g/mol. The molecule has 1 heterocycles. The van der Waals surface area contributed by atoms with Crippen molar-refractivity contribution in [3.05, 3.63) is 37.2 Å². The second-order valence-corrected chi connectivity index (χ2v) is 6.71. The number of rotatable bonds is 15. The lowest BCUT2D eigenvalue weighted by molar-refractivity contribution is -0.697. The van der Waals surface area contributed by atoms with Gasteiger partial charge in [-0.15, -0.1) is 0 Å². The predicted molar refractivity (Wildman–Crippen MR) is 102 cm³/mol. The fourth-order valence-corrected chi connectivity index (χ4v) is 3.07. The van der Waals surface area contributed by atoms with Crippen LogP contribution in [-0.2, 0) is 6.54 Å². The summed E-state index contributed by atoms with van der Waals surface area (Å²) in [5.74, 6) is 0. The topological polar surface area (TPSA) is 27.7 Å². The molecule has 0 saturated carbocycles. The van der Waals surface area contributed by atoms with Crippen molar-refractivity contribution >= 4 is 0 Å². The van der Waals surface area contributed by atoms with E-state index in [1.54, 1.807) is 0 Å². The summed E-state index contributed by atoms with van der Waals surface area (Å²) in [5.41, 5.74) is 0. The normalized spacial score (nSPS) is 10.1. The lowest BCUT2D eigenvalue weighted by atomic mass is 10.0. The smallest absolute Gasteiger partial charge is 0.168 e. The highest BCUT2D eigenvalue weighted by Crippen LogP contribution is 2.12. The maximum absolute atomic E-state index is 6.25. The first kappa shape index (κ1) is 22.6. The summed E-state index contributed by atoms with van der Waals surface area (Å²) in [7, 11) is 0. The first-order chi connectivity index (χ1) is 11.9. The van der Waals surface area contributed by atoms with Crippen LogP contribution in [0, 0.1) is 11.8 Å². The van der Waals surface area contributed by atoms with Crippen LogP contribution in [-0.4, -0.2) is 0 Å². The minimum Gasteiger partial charge on any atom is -0.512 e. The van der Waals surface area contributed by atoms with Crippen molar-refractivity contribution in [2.45, 2.75) is 103 Å². The van der Waals surface area contributed by atoms with Crippen LogP contribution >= 0.6 is 0 Å². The van der Waals surface area contributed by atoms with Gasteiger partial charge in [0.2, 0.25) is 0 Å². The number of hydrogen-bond donors (Lipinski definition) is 0. The number of nitrogens with zero attached hydrogens (tertiary/aromatic N) is 2. The van der Waals surface area contributed by atoms with Crippen molar-refractivity contribution in [3.8, 4) is 0 Å². The molecule has 2 nitrogen and oxygen atoms in total. The Morgan fingerprint density at radius 2 is 0.958 bits per heavy atom. The summed E-state index contributed by atoms with van der Waals surface area (Å²) in [5, 5.41) is 6.25. The van der Waals surface area contributed by atoms with Gasteiger partial charge in [-0.25, -0.2) is 4.57 Å². The summed E-state index contributed by atoms with van der Waals surface area (Å²) in [4.78, 5) is 0. The first-order valence-electron chi connectivity index (χ1n) is 10.1. The molecule has 0 fully saturated rings. The lowest BCUT2D eigenvalue weighted by Gasteiger charge is -2.02. The summed E-state index contributed by atoms with van der Waals surface area (Å²) in [6.07, 6.45) is 24.4. The van der Waals surface area contributed by atoms with E-state index in [2.05, 4.69) is 42.1 Å². The van der Waals surface area contributed by atoms with Crippen LogP contribution in [0.5, 0.6) is 0 Å². The lowest BCUT2D eigenvalue weighted by Crippen LogP contribution is -2.32. The quantitative estimate of drug-likeness (QED) is 0.203. The van der Waals surface area contributed by atoms with Crippen LogP contribution in [0.1, 0.15) is 96.8 Å². The Morgan fingerprint density at radius 1 is 0.583 bits per heavy atom. The van der Waals surface area contributed by atoms with Gasteiger partial charge < -0.3 is 11.8 Å². The number of pyridine rings is 1. The molecular weight excluding hydrogens is 292 g/mol. The summed E-state index contributed by atoms with van der Waals surface area (Å²) < 4.78 is 2.29. The molecule has 136 valence electrons. The Hall–Kier alpha value is -1.36. The highest BCUT2D eigenvalue weighted by Gasteiger charge is 1.98. The number of unbranched alkanes of at least 4 members (excludes halogenated alkanes) is 13. The number of aryl methyl sites for hydroxylation is 1. The first-order valence-corrected chi connectivity index (χ1v) is 10.1. The van der Waals surface area contributed by atoms with Gasteiger partial charge >= 0.3 is 0 Å². The molecule has 0 aliphatic heterocycles. The Balaban J connectivity index is 0.00000254. The Morgan fingerprint density at radius 3 is 1.38 bits per heavy atom. The zero-order valence-corrected chi connectivity index (χ0v) is 15.9. The van der Waals surface area contributed by atoms with Gasteiger partial charge in [0.15, 0.2) is 12.4 Å². The summed E-state index contributed by atoms with van der Waals surface area (Å²) in [6, 6.07) is 6.31. The molecule has 0 atom stereocenters. The summed E-state index contributed by atoms with van der Waals surface area (Å²) >= 11 is 0. The molecule has 1 rings (SSSR count). The molecule has 0 N–H and O–H groups in total. The van der Waals surface area contributed by atoms with E-state index >= 15 is 0 Å². The average molecular weight is 331 g/mol. The minimum absolute atomic E-state index is 1.18. The summed E-state index contributed by atoms with van der Waals surface area (Å²) in [6.45, 7) is 8.22. The molecule has 2 heteroatoms. The van der Waals surface area contributed by atoms with Crippen LogP contribution in [0.25, 0.3) is 0 Å². The van der Waals surface area contributed by atoms with Gasteiger partial charge in [0.1, 0.15) is 6.54 Å². The van der Waals surface area contributed by atoms with Crippen molar-refractivity contribution < 1.29 is 4.57 Å². The van der Waals surface area contributed by atoms with Gasteiger partial charge in [0.05, 0.1) is 0 Å². The average Bonchev–Trinajstić information content (AvgIpc) is 2.64. The van der Waals surface area contributed by atoms with Crippen LogP contribution in [0.15, 0.2) is 30.6 Å². The van der Waals surface area contributed by atoms with Gasteiger partial charge in [0, 0.05) is 18.6 Å². The SMILES string of the molecule is CCCCCCCCCCCCCCCC[n+]1ccccc1.[C-]#N. The Kier molecular flexibility index (Phi) is 18.6. The van der Waals surface area contributed by atoms with Gasteiger partial charge in [-0.2, -0.15) is 0 Å². The van der Waals surface area contributed by atoms with Crippen molar-refractivity contribution in [2.24, 2.45) is 0 Å². The molecule has 0 aliphatic carbocycles. The van der Waals surface area contributed by atoms with Crippen LogP contribution < -0.4 is 4.57 Å². The molecular formula is C22H38N2. The molecule has 0 spiro atoms. The number of aromatic nitrogens is 1. The molecule has 0 aromatic carbocycles.